The summed E-state index contributed by atoms with van der Waals surface area (Å²) < 4.78 is 42.4. The Morgan fingerprint density at radius 3 is 2.67 bits per heavy atom. The van der Waals surface area contributed by atoms with Crippen molar-refractivity contribution in [3.63, 3.8) is 0 Å². The topological polar surface area (TPSA) is 111 Å². The van der Waals surface area contributed by atoms with E-state index in [2.05, 4.69) is 31.7 Å². The summed E-state index contributed by atoms with van der Waals surface area (Å²) in [5, 5.41) is -0.0897. The van der Waals surface area contributed by atoms with Gasteiger partial charge in [0.05, 0.1) is 17.5 Å². The lowest BCUT2D eigenvalue weighted by atomic mass is 9.63. The smallest absolute Gasteiger partial charge is 0.264 e. The summed E-state index contributed by atoms with van der Waals surface area (Å²) in [6.07, 6.45) is 12.8. The molecule has 1 aromatic heterocycles. The molecule has 9 nitrogen and oxygen atoms in total. The van der Waals surface area contributed by atoms with Gasteiger partial charge in [-0.1, -0.05) is 30.7 Å². The normalized spacial score (nSPS) is 32.1. The fourth-order valence-electron chi connectivity index (χ4n) is 8.30. The SMILES string of the molecule is CO[C@]1(c2ncccn2)/C=C\C[C@H](C)[C@@H](C)S(=O)(=O)NC(=O)c2ccc3c(c2)N(C[C@@H]2CC[C@H]21)C[C@@]1(CCCc2cc(Cl)ccc21)CO3. The number of hydrogen-bond acceptors (Lipinski definition) is 8. The number of carbonyl (C=O) groups excluding carboxylic acids is 1. The minimum absolute atomic E-state index is 0.0676. The molecular formula is C37H43ClN4O5S. The number of anilines is 1. The Hall–Kier alpha value is -3.47. The molecule has 3 aromatic rings. The minimum Gasteiger partial charge on any atom is -0.490 e. The highest BCUT2D eigenvalue weighted by atomic mass is 35.5. The minimum atomic E-state index is -3.98. The zero-order valence-electron chi connectivity index (χ0n) is 27.7. The molecule has 1 fully saturated rings. The van der Waals surface area contributed by atoms with Crippen molar-refractivity contribution in [1.29, 1.82) is 0 Å². The van der Waals surface area contributed by atoms with E-state index >= 15 is 0 Å². The van der Waals surface area contributed by atoms with Crippen LogP contribution in [0.2, 0.25) is 5.02 Å². The largest absolute Gasteiger partial charge is 0.490 e. The van der Waals surface area contributed by atoms with Crippen LogP contribution < -0.4 is 14.4 Å². The molecule has 4 aliphatic rings. The van der Waals surface area contributed by atoms with Gasteiger partial charge < -0.3 is 14.4 Å². The van der Waals surface area contributed by atoms with Crippen LogP contribution in [0, 0.1) is 17.8 Å². The molecule has 1 N–H and O–H groups in total. The maximum absolute atomic E-state index is 13.5. The number of aryl methyl sites for hydroxylation is 1. The molecule has 3 heterocycles. The molecular weight excluding hydrogens is 648 g/mol. The van der Waals surface area contributed by atoms with Crippen LogP contribution >= 0.6 is 11.6 Å². The van der Waals surface area contributed by atoms with Gasteiger partial charge in [0.25, 0.3) is 5.91 Å². The van der Waals surface area contributed by atoms with Crippen LogP contribution in [-0.2, 0) is 32.2 Å². The number of fused-ring (bicyclic) bond motifs is 4. The van der Waals surface area contributed by atoms with Crippen LogP contribution in [0.15, 0.2) is 67.0 Å². The Bertz CT molecular complexity index is 1840. The average molecular weight is 691 g/mol. The highest BCUT2D eigenvalue weighted by Gasteiger charge is 2.51. The number of hydrogen-bond donors (Lipinski definition) is 1. The zero-order valence-corrected chi connectivity index (χ0v) is 29.3. The first kappa shape index (κ1) is 33.0. The first-order chi connectivity index (χ1) is 23.0. The number of rotatable bonds is 2. The number of sulfonamides is 1. The second kappa shape index (κ2) is 12.8. The number of aromatic nitrogens is 2. The molecule has 7 rings (SSSR count). The van der Waals surface area contributed by atoms with Gasteiger partial charge in [0, 0.05) is 54.5 Å². The molecule has 2 aliphatic heterocycles. The van der Waals surface area contributed by atoms with Crippen molar-refractivity contribution in [3.05, 3.63) is 94.5 Å². The summed E-state index contributed by atoms with van der Waals surface area (Å²) in [6.45, 7) is 5.37. The summed E-state index contributed by atoms with van der Waals surface area (Å²) >= 11 is 6.46. The fourth-order valence-corrected chi connectivity index (χ4v) is 9.78. The average Bonchev–Trinajstić information content (AvgIpc) is 3.22. The Morgan fingerprint density at radius 1 is 1.10 bits per heavy atom. The molecule has 1 amide bonds. The van der Waals surface area contributed by atoms with Crippen LogP contribution in [0.1, 0.15) is 73.3 Å². The van der Waals surface area contributed by atoms with Crippen LogP contribution in [0.3, 0.4) is 0 Å². The summed E-state index contributed by atoms with van der Waals surface area (Å²) in [6, 6.07) is 13.3. The second-order valence-electron chi connectivity index (χ2n) is 14.1. The number of carbonyl (C=O) groups is 1. The maximum Gasteiger partial charge on any atom is 0.264 e. The van der Waals surface area contributed by atoms with Gasteiger partial charge in [-0.25, -0.2) is 23.1 Å². The fraction of sp³-hybridized carbons (Fsp3) is 0.486. The monoisotopic (exact) mass is 690 g/mol. The molecule has 2 aliphatic carbocycles. The number of nitrogens with one attached hydrogen (secondary N) is 1. The number of nitrogens with zero attached hydrogens (tertiary/aromatic N) is 3. The number of methoxy groups -OCH3 is 1. The van der Waals surface area contributed by atoms with E-state index in [4.69, 9.17) is 21.1 Å². The van der Waals surface area contributed by atoms with E-state index in [1.165, 1.54) is 11.1 Å². The summed E-state index contributed by atoms with van der Waals surface area (Å²) in [5.41, 5.74) is 2.37. The third-order valence-electron chi connectivity index (χ3n) is 11.4. The van der Waals surface area contributed by atoms with E-state index in [9.17, 15) is 13.2 Å². The molecule has 0 unspecified atom stereocenters. The van der Waals surface area contributed by atoms with E-state index in [0.29, 0.717) is 37.7 Å². The molecule has 0 saturated heterocycles. The molecule has 6 atom stereocenters. The van der Waals surface area contributed by atoms with E-state index in [0.717, 1.165) is 42.8 Å². The van der Waals surface area contributed by atoms with Crippen molar-refractivity contribution in [2.24, 2.45) is 17.8 Å². The van der Waals surface area contributed by atoms with Crippen molar-refractivity contribution in [1.82, 2.24) is 14.7 Å². The zero-order chi connectivity index (χ0) is 33.7. The predicted octanol–water partition coefficient (Wildman–Crippen LogP) is 6.22. The van der Waals surface area contributed by atoms with E-state index in [-0.39, 0.29) is 28.7 Å². The Morgan fingerprint density at radius 2 is 1.92 bits per heavy atom. The number of ether oxygens (including phenoxy) is 2. The van der Waals surface area contributed by atoms with Gasteiger partial charge in [0.2, 0.25) is 10.0 Å². The third kappa shape index (κ3) is 5.79. The van der Waals surface area contributed by atoms with Gasteiger partial charge >= 0.3 is 0 Å². The first-order valence-electron chi connectivity index (χ1n) is 16.9. The maximum atomic E-state index is 13.5. The highest BCUT2D eigenvalue weighted by molar-refractivity contribution is 7.90. The quantitative estimate of drug-likeness (QED) is 0.316. The lowest BCUT2D eigenvalue weighted by Crippen LogP contribution is -2.52. The summed E-state index contributed by atoms with van der Waals surface area (Å²) in [5.74, 6) is 0.641. The number of amides is 1. The molecule has 2 bridgehead atoms. The van der Waals surface area contributed by atoms with Gasteiger partial charge in [-0.2, -0.15) is 0 Å². The van der Waals surface area contributed by atoms with Gasteiger partial charge in [-0.05, 0) is 111 Å². The van der Waals surface area contributed by atoms with Crippen LogP contribution in [0.5, 0.6) is 5.75 Å². The summed E-state index contributed by atoms with van der Waals surface area (Å²) in [7, 11) is -2.27. The van der Waals surface area contributed by atoms with Crippen molar-refractivity contribution in [2.75, 3.05) is 31.7 Å². The predicted molar refractivity (Wildman–Crippen MR) is 186 cm³/mol. The number of halogens is 1. The van der Waals surface area contributed by atoms with Gasteiger partial charge in [0.15, 0.2) is 5.82 Å². The van der Waals surface area contributed by atoms with Crippen molar-refractivity contribution in [3.8, 4) is 5.75 Å². The van der Waals surface area contributed by atoms with Gasteiger partial charge in [0.1, 0.15) is 11.4 Å². The van der Waals surface area contributed by atoms with Crippen molar-refractivity contribution < 1.29 is 22.7 Å². The number of allylic oxidation sites excluding steroid dienone is 1. The van der Waals surface area contributed by atoms with Crippen molar-refractivity contribution in [2.45, 2.75) is 68.6 Å². The Labute approximate surface area is 288 Å². The molecule has 0 radical (unpaired) electrons. The summed E-state index contributed by atoms with van der Waals surface area (Å²) in [4.78, 5) is 25.3. The van der Waals surface area contributed by atoms with E-state index in [1.54, 1.807) is 44.6 Å². The van der Waals surface area contributed by atoms with Gasteiger partial charge in [-0.3, -0.25) is 4.79 Å². The van der Waals surface area contributed by atoms with Crippen LogP contribution in [0.4, 0.5) is 5.69 Å². The molecule has 11 heteroatoms. The highest BCUT2D eigenvalue weighted by Crippen LogP contribution is 2.51. The Kier molecular flexibility index (Phi) is 8.79. The van der Waals surface area contributed by atoms with Crippen molar-refractivity contribution >= 4 is 33.2 Å². The van der Waals surface area contributed by atoms with Crippen LogP contribution in [0.25, 0.3) is 0 Å². The molecule has 1 spiro atoms. The number of benzene rings is 2. The molecule has 254 valence electrons. The standard InChI is InChI=1S/C37H43ClN4O5S/c1-24-7-4-16-37(46-3,35-39-17-6-18-40-35)31-12-9-28(31)21-42-22-36(15-5-8-26-19-29(38)11-13-30(26)36)23-47-33-14-10-27(20-32(33)42)34(43)41-48(44,45)25(24)2/h4,6,10-11,13-14,16-20,24-25,28,31H,5,7-9,12,15,21-23H2,1-3H3,(H,41,43)/b16-4-/t24-,25+,28-,31+,36-,37+/m0/s1. The Balaban J connectivity index is 1.36. The first-order valence-corrected chi connectivity index (χ1v) is 18.8. The third-order valence-corrected chi connectivity index (χ3v) is 13.5. The van der Waals surface area contributed by atoms with E-state index in [1.807, 2.05) is 31.2 Å². The molecule has 2 aromatic carbocycles. The lowest BCUT2D eigenvalue weighted by Gasteiger charge is -2.49. The van der Waals surface area contributed by atoms with E-state index < -0.39 is 26.8 Å². The molecule has 48 heavy (non-hydrogen) atoms. The van der Waals surface area contributed by atoms with Crippen LogP contribution in [-0.4, -0.2) is 56.3 Å². The molecule has 1 saturated carbocycles. The lowest BCUT2D eigenvalue weighted by molar-refractivity contribution is -0.0860. The second-order valence-corrected chi connectivity index (χ2v) is 16.6. The van der Waals surface area contributed by atoms with Gasteiger partial charge in [-0.15, -0.1) is 0 Å².